The number of methoxy groups -OCH3 is 1. The third-order valence-electron chi connectivity index (χ3n) is 4.02. The van der Waals surface area contributed by atoms with Crippen LogP contribution in [0.25, 0.3) is 0 Å². The lowest BCUT2D eigenvalue weighted by Crippen LogP contribution is -2.34. The van der Waals surface area contributed by atoms with Crippen molar-refractivity contribution >= 4 is 0 Å². The number of aliphatic hydroxyl groups is 1. The van der Waals surface area contributed by atoms with E-state index in [0.717, 1.165) is 29.8 Å². The molecule has 1 aromatic carbocycles. The minimum Gasteiger partial charge on any atom is -0.387 e. The van der Waals surface area contributed by atoms with E-state index in [1.54, 1.807) is 19.2 Å². The van der Waals surface area contributed by atoms with Crippen LogP contribution in [-0.4, -0.2) is 40.2 Å². The Morgan fingerprint density at radius 3 is 2.87 bits per heavy atom. The maximum absolute atomic E-state index is 12.9. The first-order valence-electron chi connectivity index (χ1n) is 7.64. The van der Waals surface area contributed by atoms with Crippen LogP contribution >= 0.6 is 0 Å². The maximum Gasteiger partial charge on any atom is 0.154 e. The van der Waals surface area contributed by atoms with Crippen LogP contribution in [0.4, 0.5) is 4.39 Å². The largest absolute Gasteiger partial charge is 0.387 e. The summed E-state index contributed by atoms with van der Waals surface area (Å²) in [5, 5.41) is 10.3. The van der Waals surface area contributed by atoms with Gasteiger partial charge in [0, 0.05) is 50.6 Å². The Morgan fingerprint density at radius 1 is 1.35 bits per heavy atom. The van der Waals surface area contributed by atoms with Crippen molar-refractivity contribution < 1.29 is 14.2 Å². The van der Waals surface area contributed by atoms with Crippen molar-refractivity contribution in [3.05, 3.63) is 58.9 Å². The summed E-state index contributed by atoms with van der Waals surface area (Å²) in [5.74, 6) is 0.405. The second-order valence-corrected chi connectivity index (χ2v) is 5.74. The van der Waals surface area contributed by atoms with Crippen molar-refractivity contribution in [1.29, 1.82) is 0 Å². The molecule has 0 saturated carbocycles. The summed E-state index contributed by atoms with van der Waals surface area (Å²) >= 11 is 0. The predicted octanol–water partition coefficient (Wildman–Crippen LogP) is 1.85. The first-order valence-corrected chi connectivity index (χ1v) is 7.64. The zero-order chi connectivity index (χ0) is 16.2. The average molecular weight is 317 g/mol. The fourth-order valence-corrected chi connectivity index (χ4v) is 2.81. The number of aromatic nitrogens is 2. The summed E-state index contributed by atoms with van der Waals surface area (Å²) in [4.78, 5) is 11.0. The van der Waals surface area contributed by atoms with Gasteiger partial charge in [0.25, 0.3) is 0 Å². The van der Waals surface area contributed by atoms with Gasteiger partial charge in [-0.1, -0.05) is 12.1 Å². The van der Waals surface area contributed by atoms with E-state index in [1.165, 1.54) is 12.1 Å². The van der Waals surface area contributed by atoms with Crippen LogP contribution in [0.3, 0.4) is 0 Å². The van der Waals surface area contributed by atoms with Crippen LogP contribution in [0.5, 0.6) is 0 Å². The standard InChI is InChI=1S/C17H20FN3O2/c1-23-11-17-19-8-13-9-21(7-6-15(13)20-17)10-16(22)12-2-4-14(18)5-3-12/h2-5,8,16,22H,6-7,9-11H2,1H3. The zero-order valence-corrected chi connectivity index (χ0v) is 13.1. The highest BCUT2D eigenvalue weighted by Crippen LogP contribution is 2.21. The molecule has 1 N–H and O–H groups in total. The number of nitrogens with zero attached hydrogens (tertiary/aromatic N) is 3. The minimum atomic E-state index is -0.633. The number of ether oxygens (including phenoxy) is 1. The highest BCUT2D eigenvalue weighted by Gasteiger charge is 2.21. The van der Waals surface area contributed by atoms with E-state index in [-0.39, 0.29) is 5.82 Å². The number of halogens is 1. The molecule has 6 heteroatoms. The van der Waals surface area contributed by atoms with Gasteiger partial charge < -0.3 is 9.84 Å². The van der Waals surface area contributed by atoms with E-state index in [2.05, 4.69) is 14.9 Å². The molecule has 0 aliphatic carbocycles. The Morgan fingerprint density at radius 2 is 2.13 bits per heavy atom. The van der Waals surface area contributed by atoms with Crippen molar-refractivity contribution in [1.82, 2.24) is 14.9 Å². The molecule has 0 amide bonds. The van der Waals surface area contributed by atoms with E-state index in [4.69, 9.17) is 4.74 Å². The molecule has 1 aliphatic heterocycles. The number of hydrogen-bond acceptors (Lipinski definition) is 5. The highest BCUT2D eigenvalue weighted by molar-refractivity contribution is 5.22. The minimum absolute atomic E-state index is 0.295. The molecule has 1 aliphatic rings. The van der Waals surface area contributed by atoms with E-state index < -0.39 is 6.10 Å². The second kappa shape index (κ2) is 7.12. The molecule has 1 unspecified atom stereocenters. The zero-order valence-electron chi connectivity index (χ0n) is 13.1. The van der Waals surface area contributed by atoms with Gasteiger partial charge in [-0.2, -0.15) is 0 Å². The number of benzene rings is 1. The molecule has 0 fully saturated rings. The van der Waals surface area contributed by atoms with E-state index >= 15 is 0 Å². The van der Waals surface area contributed by atoms with Crippen molar-refractivity contribution in [3.63, 3.8) is 0 Å². The van der Waals surface area contributed by atoms with Crippen molar-refractivity contribution in [3.8, 4) is 0 Å². The van der Waals surface area contributed by atoms with Gasteiger partial charge in [0.2, 0.25) is 0 Å². The van der Waals surface area contributed by atoms with Crippen molar-refractivity contribution in [2.45, 2.75) is 25.7 Å². The van der Waals surface area contributed by atoms with Crippen LogP contribution in [0, 0.1) is 5.82 Å². The SMILES string of the molecule is COCc1ncc2c(n1)CCN(CC(O)c1ccc(F)cc1)C2. The van der Waals surface area contributed by atoms with Gasteiger partial charge in [-0.15, -0.1) is 0 Å². The van der Waals surface area contributed by atoms with Gasteiger partial charge in [0.1, 0.15) is 12.4 Å². The number of fused-ring (bicyclic) bond motifs is 1. The Kier molecular flexibility index (Phi) is 4.95. The van der Waals surface area contributed by atoms with Gasteiger partial charge in [0.05, 0.1) is 6.10 Å². The third kappa shape index (κ3) is 3.90. The van der Waals surface area contributed by atoms with Crippen LogP contribution in [0.1, 0.15) is 28.7 Å². The van der Waals surface area contributed by atoms with Crippen LogP contribution in [-0.2, 0) is 24.3 Å². The number of hydrogen-bond donors (Lipinski definition) is 1. The average Bonchev–Trinajstić information content (AvgIpc) is 2.56. The lowest BCUT2D eigenvalue weighted by atomic mass is 10.0. The molecule has 122 valence electrons. The Hall–Kier alpha value is -1.89. The summed E-state index contributed by atoms with van der Waals surface area (Å²) in [6, 6.07) is 5.99. The van der Waals surface area contributed by atoms with Gasteiger partial charge in [-0.3, -0.25) is 4.90 Å². The van der Waals surface area contributed by atoms with Crippen LogP contribution in [0.15, 0.2) is 30.5 Å². The molecule has 3 rings (SSSR count). The van der Waals surface area contributed by atoms with Crippen LogP contribution in [0.2, 0.25) is 0 Å². The summed E-state index contributed by atoms with van der Waals surface area (Å²) < 4.78 is 18.0. The molecule has 0 spiro atoms. The molecular formula is C17H20FN3O2. The molecule has 23 heavy (non-hydrogen) atoms. The molecule has 2 heterocycles. The summed E-state index contributed by atoms with van der Waals surface area (Å²) in [6.45, 7) is 2.46. The Balaban J connectivity index is 1.64. The first kappa shape index (κ1) is 16.0. The lowest BCUT2D eigenvalue weighted by Gasteiger charge is -2.29. The fourth-order valence-electron chi connectivity index (χ4n) is 2.81. The summed E-state index contributed by atoms with van der Waals surface area (Å²) in [7, 11) is 1.63. The van der Waals surface area contributed by atoms with E-state index in [0.29, 0.717) is 25.5 Å². The van der Waals surface area contributed by atoms with Crippen molar-refractivity contribution in [2.24, 2.45) is 0 Å². The predicted molar refractivity (Wildman–Crippen MR) is 83.1 cm³/mol. The second-order valence-electron chi connectivity index (χ2n) is 5.74. The van der Waals surface area contributed by atoms with E-state index in [9.17, 15) is 9.50 Å². The smallest absolute Gasteiger partial charge is 0.154 e. The van der Waals surface area contributed by atoms with Gasteiger partial charge in [-0.05, 0) is 17.7 Å². The van der Waals surface area contributed by atoms with Crippen molar-refractivity contribution in [2.75, 3.05) is 20.2 Å². The number of rotatable bonds is 5. The molecule has 1 aromatic heterocycles. The Bertz CT molecular complexity index is 663. The molecule has 0 radical (unpaired) electrons. The normalized spacial score (nSPS) is 16.1. The number of aliphatic hydroxyl groups excluding tert-OH is 1. The van der Waals surface area contributed by atoms with Gasteiger partial charge >= 0.3 is 0 Å². The molecule has 0 bridgehead atoms. The van der Waals surface area contributed by atoms with Gasteiger partial charge in [-0.25, -0.2) is 14.4 Å². The fraction of sp³-hybridized carbons (Fsp3) is 0.412. The van der Waals surface area contributed by atoms with Gasteiger partial charge in [0.15, 0.2) is 5.82 Å². The monoisotopic (exact) mass is 317 g/mol. The maximum atomic E-state index is 12.9. The molecule has 2 aromatic rings. The lowest BCUT2D eigenvalue weighted by molar-refractivity contribution is 0.105. The summed E-state index contributed by atoms with van der Waals surface area (Å²) in [6.07, 6.45) is 2.03. The molecule has 1 atom stereocenters. The summed E-state index contributed by atoms with van der Waals surface area (Å²) in [5.41, 5.74) is 2.87. The quantitative estimate of drug-likeness (QED) is 0.912. The molecule has 5 nitrogen and oxygen atoms in total. The van der Waals surface area contributed by atoms with E-state index in [1.807, 2.05) is 6.20 Å². The topological polar surface area (TPSA) is 58.5 Å². The van der Waals surface area contributed by atoms with Crippen LogP contribution < -0.4 is 0 Å². The Labute approximate surface area is 134 Å². The first-order chi connectivity index (χ1) is 11.2. The third-order valence-corrected chi connectivity index (χ3v) is 4.02. The molecular weight excluding hydrogens is 297 g/mol. The molecule has 0 saturated heterocycles. The number of β-amino-alcohol motifs (C(OH)–C–C–N with tert-alkyl or cyclic N) is 1. The highest BCUT2D eigenvalue weighted by atomic mass is 19.1.